The summed E-state index contributed by atoms with van der Waals surface area (Å²) < 4.78 is 25.3. The molecule has 1 aromatic rings. The van der Waals surface area contributed by atoms with Gasteiger partial charge in [-0.05, 0) is 22.6 Å². The van der Waals surface area contributed by atoms with Crippen molar-refractivity contribution in [1.82, 2.24) is 4.98 Å². The van der Waals surface area contributed by atoms with Crippen LogP contribution >= 0.6 is 38.5 Å². The van der Waals surface area contributed by atoms with E-state index >= 15 is 0 Å². The van der Waals surface area contributed by atoms with Crippen molar-refractivity contribution in [1.29, 1.82) is 0 Å². The van der Waals surface area contributed by atoms with Gasteiger partial charge in [0.05, 0.1) is 3.70 Å². The first kappa shape index (κ1) is 11.1. The van der Waals surface area contributed by atoms with Crippen LogP contribution in [0.4, 0.5) is 8.78 Å². The number of pyridine rings is 1. The monoisotopic (exact) mass is 363 g/mol. The van der Waals surface area contributed by atoms with Crippen LogP contribution in [-0.4, -0.2) is 4.98 Å². The number of hydrogen-bond donors (Lipinski definition) is 1. The van der Waals surface area contributed by atoms with E-state index in [2.05, 4.69) is 20.9 Å². The number of hydrogen-bond acceptors (Lipinski definition) is 1. The molecule has 0 bridgehead atoms. The molecule has 0 amide bonds. The Bertz CT molecular complexity index is 366. The van der Waals surface area contributed by atoms with E-state index in [-0.39, 0.29) is 5.56 Å². The predicted octanol–water partition coefficient (Wildman–Crippen LogP) is 2.81. The molecule has 0 saturated heterocycles. The largest absolute Gasteiger partial charge is 0.317 e. The summed E-state index contributed by atoms with van der Waals surface area (Å²) in [4.78, 5) is 13.3. The molecule has 0 radical (unpaired) electrons. The molecule has 1 N–H and O–H groups in total. The van der Waals surface area contributed by atoms with Crippen molar-refractivity contribution >= 4 is 38.5 Å². The number of nitrogens with one attached hydrogen (secondary N) is 1. The second-order valence-electron chi connectivity index (χ2n) is 2.32. The third-order valence-electron chi connectivity index (χ3n) is 1.50. The van der Waals surface area contributed by atoms with Crippen LogP contribution < -0.4 is 5.56 Å². The second kappa shape index (κ2) is 4.50. The minimum Gasteiger partial charge on any atom is -0.317 e. The molecule has 0 aliphatic rings. The van der Waals surface area contributed by atoms with E-state index in [4.69, 9.17) is 0 Å². The van der Waals surface area contributed by atoms with Crippen LogP contribution in [0.5, 0.6) is 0 Å². The summed E-state index contributed by atoms with van der Waals surface area (Å²) in [5.74, 6) is 0. The van der Waals surface area contributed by atoms with Crippen molar-refractivity contribution in [3.8, 4) is 0 Å². The number of aromatic amines is 1. The fourth-order valence-electron chi connectivity index (χ4n) is 0.905. The lowest BCUT2D eigenvalue weighted by atomic mass is 10.2. The summed E-state index contributed by atoms with van der Waals surface area (Å²) in [6, 6.07) is 0.934. The van der Waals surface area contributed by atoms with Crippen LogP contribution in [0.1, 0.15) is 17.6 Å². The molecule has 0 saturated carbocycles. The Morgan fingerprint density at radius 3 is 2.69 bits per heavy atom. The fraction of sp³-hybridized carbons (Fsp3) is 0.286. The number of aromatic nitrogens is 1. The fourth-order valence-corrected chi connectivity index (χ4v) is 2.80. The van der Waals surface area contributed by atoms with Gasteiger partial charge in [0.25, 0.3) is 6.43 Å². The Kier molecular flexibility index (Phi) is 3.84. The summed E-state index contributed by atoms with van der Waals surface area (Å²) in [6.07, 6.45) is -2.61. The van der Waals surface area contributed by atoms with Crippen molar-refractivity contribution < 1.29 is 8.78 Å². The Morgan fingerprint density at radius 1 is 1.62 bits per heavy atom. The highest BCUT2D eigenvalue weighted by molar-refractivity contribution is 14.1. The van der Waals surface area contributed by atoms with Gasteiger partial charge in [0.2, 0.25) is 5.56 Å². The molecule has 13 heavy (non-hydrogen) atoms. The predicted molar refractivity (Wildman–Crippen MR) is 57.4 cm³/mol. The maximum Gasteiger partial charge on any atom is 0.264 e. The summed E-state index contributed by atoms with van der Waals surface area (Å²) in [7, 11) is 0. The van der Waals surface area contributed by atoms with Gasteiger partial charge in [-0.3, -0.25) is 4.79 Å². The number of alkyl halides is 3. The summed E-state index contributed by atoms with van der Waals surface area (Å²) >= 11 is 4.92. The van der Waals surface area contributed by atoms with Gasteiger partial charge in [0.1, 0.15) is 0 Å². The number of H-pyrrole nitrogens is 1. The molecule has 0 aliphatic carbocycles. The van der Waals surface area contributed by atoms with Gasteiger partial charge < -0.3 is 4.98 Å². The minimum absolute atomic E-state index is 0.204. The van der Waals surface area contributed by atoms with E-state index < -0.39 is 12.0 Å². The molecule has 0 atom stereocenters. The van der Waals surface area contributed by atoms with Gasteiger partial charge >= 0.3 is 0 Å². The number of halogens is 4. The molecule has 1 rings (SSSR count). The lowest BCUT2D eigenvalue weighted by molar-refractivity contribution is 0.150. The van der Waals surface area contributed by atoms with Crippen molar-refractivity contribution in [2.45, 2.75) is 11.8 Å². The molecule has 0 aliphatic heterocycles. The zero-order valence-corrected chi connectivity index (χ0v) is 10.0. The summed E-state index contributed by atoms with van der Waals surface area (Å²) in [5.41, 5.74) is -0.260. The van der Waals surface area contributed by atoms with Crippen LogP contribution in [0.15, 0.2) is 10.9 Å². The number of rotatable bonds is 2. The highest BCUT2D eigenvalue weighted by Gasteiger charge is 2.15. The lowest BCUT2D eigenvalue weighted by Gasteiger charge is -2.06. The molecule has 0 spiro atoms. The Hall–Kier alpha value is 0.0200. The van der Waals surface area contributed by atoms with Crippen LogP contribution in [0.3, 0.4) is 0 Å². The van der Waals surface area contributed by atoms with Gasteiger partial charge in [-0.15, -0.1) is 0 Å². The SMILES string of the molecule is O=c1cc(C(F)F)c(CBr)c(I)[nH]1. The highest BCUT2D eigenvalue weighted by Crippen LogP contribution is 2.25. The van der Waals surface area contributed by atoms with E-state index in [0.717, 1.165) is 6.07 Å². The zero-order chi connectivity index (χ0) is 10.0. The molecule has 0 fully saturated rings. The maximum absolute atomic E-state index is 12.4. The average molecular weight is 364 g/mol. The van der Waals surface area contributed by atoms with Gasteiger partial charge in [0, 0.05) is 22.5 Å². The molecule has 1 heterocycles. The van der Waals surface area contributed by atoms with Crippen LogP contribution in [0, 0.1) is 3.70 Å². The second-order valence-corrected chi connectivity index (χ2v) is 3.96. The Labute approximate surface area is 95.0 Å². The molecule has 6 heteroatoms. The van der Waals surface area contributed by atoms with Crippen molar-refractivity contribution in [2.75, 3.05) is 0 Å². The van der Waals surface area contributed by atoms with E-state index in [1.54, 1.807) is 0 Å². The molecule has 0 aromatic carbocycles. The van der Waals surface area contributed by atoms with Crippen molar-refractivity contribution in [3.05, 3.63) is 31.2 Å². The Morgan fingerprint density at radius 2 is 2.23 bits per heavy atom. The van der Waals surface area contributed by atoms with E-state index in [0.29, 0.717) is 14.6 Å². The maximum atomic E-state index is 12.4. The molecule has 0 unspecified atom stereocenters. The normalized spacial score (nSPS) is 10.8. The summed E-state index contributed by atoms with van der Waals surface area (Å²) in [6.45, 7) is 0. The smallest absolute Gasteiger partial charge is 0.264 e. The molecule has 72 valence electrons. The first-order valence-electron chi connectivity index (χ1n) is 3.32. The topological polar surface area (TPSA) is 32.9 Å². The standard InChI is InChI=1S/C7H5BrF2INO/c8-2-4-3(6(9)10)1-5(13)12-7(4)11/h1,6H,2H2,(H,12,13). The van der Waals surface area contributed by atoms with Crippen LogP contribution in [0.25, 0.3) is 0 Å². The highest BCUT2D eigenvalue weighted by atomic mass is 127. The molecular weight excluding hydrogens is 359 g/mol. The average Bonchev–Trinajstić information content (AvgIpc) is 2.02. The first-order valence-corrected chi connectivity index (χ1v) is 5.52. The third kappa shape index (κ3) is 2.49. The summed E-state index contributed by atoms with van der Waals surface area (Å²) in [5, 5.41) is 0.307. The lowest BCUT2D eigenvalue weighted by Crippen LogP contribution is -2.11. The van der Waals surface area contributed by atoms with Gasteiger partial charge in [0.15, 0.2) is 0 Å². The minimum atomic E-state index is -2.61. The van der Waals surface area contributed by atoms with Crippen LogP contribution in [0.2, 0.25) is 0 Å². The molecule has 2 nitrogen and oxygen atoms in total. The van der Waals surface area contributed by atoms with E-state index in [1.807, 2.05) is 22.6 Å². The Balaban J connectivity index is 3.38. The van der Waals surface area contributed by atoms with E-state index in [1.165, 1.54) is 0 Å². The van der Waals surface area contributed by atoms with Gasteiger partial charge in [-0.1, -0.05) is 15.9 Å². The van der Waals surface area contributed by atoms with Crippen molar-refractivity contribution in [3.63, 3.8) is 0 Å². The van der Waals surface area contributed by atoms with Crippen molar-refractivity contribution in [2.24, 2.45) is 0 Å². The first-order chi connectivity index (χ1) is 6.06. The molecular formula is C7H5BrF2INO. The van der Waals surface area contributed by atoms with Crippen LogP contribution in [-0.2, 0) is 5.33 Å². The van der Waals surface area contributed by atoms with Gasteiger partial charge in [-0.25, -0.2) is 8.78 Å². The zero-order valence-electron chi connectivity index (χ0n) is 6.28. The quantitative estimate of drug-likeness (QED) is 0.489. The van der Waals surface area contributed by atoms with Gasteiger partial charge in [-0.2, -0.15) is 0 Å². The molecule has 1 aromatic heterocycles. The van der Waals surface area contributed by atoms with E-state index in [9.17, 15) is 13.6 Å². The third-order valence-corrected chi connectivity index (χ3v) is 2.98.